The van der Waals surface area contributed by atoms with Crippen molar-refractivity contribution >= 4 is 22.7 Å². The van der Waals surface area contributed by atoms with Crippen molar-refractivity contribution in [3.63, 3.8) is 0 Å². The molecule has 132 valence electrons. The second-order valence-electron chi connectivity index (χ2n) is 6.51. The molecule has 6 nitrogen and oxygen atoms in total. The van der Waals surface area contributed by atoms with Gasteiger partial charge in [-0.2, -0.15) is 0 Å². The van der Waals surface area contributed by atoms with Crippen LogP contribution in [0.4, 0.5) is 4.79 Å². The average Bonchev–Trinajstić information content (AvgIpc) is 3.05. The largest absolute Gasteiger partial charge is 0.497 e. The molecule has 1 saturated heterocycles. The highest BCUT2D eigenvalue weighted by atomic mass is 16.5. The van der Waals surface area contributed by atoms with Crippen molar-refractivity contribution in [1.82, 2.24) is 10.2 Å². The van der Waals surface area contributed by atoms with E-state index in [0.29, 0.717) is 19.6 Å². The maximum atomic E-state index is 12.5. The van der Waals surface area contributed by atoms with Gasteiger partial charge in [0.15, 0.2) is 6.04 Å². The average molecular weight is 342 g/mol. The zero-order chi connectivity index (χ0) is 18.0. The Bertz CT molecular complexity index is 806. The summed E-state index contributed by atoms with van der Waals surface area (Å²) >= 11 is 0. The van der Waals surface area contributed by atoms with Crippen LogP contribution in [0.5, 0.6) is 5.75 Å². The summed E-state index contributed by atoms with van der Waals surface area (Å²) in [7, 11) is 3.64. The number of carbonyl (C=O) groups excluding carboxylic acids is 2. The molecule has 1 heterocycles. The van der Waals surface area contributed by atoms with Gasteiger partial charge in [-0.05, 0) is 35.9 Å². The number of methoxy groups -OCH3 is 1. The molecular weight excluding hydrogens is 318 g/mol. The maximum Gasteiger partial charge on any atom is 0.324 e. The number of benzene rings is 2. The molecule has 1 aliphatic heterocycles. The second-order valence-corrected chi connectivity index (χ2v) is 6.51. The lowest BCUT2D eigenvalue weighted by atomic mass is 10.1. The van der Waals surface area contributed by atoms with Crippen LogP contribution >= 0.6 is 0 Å². The Kier molecular flexibility index (Phi) is 4.90. The SMILES string of the molecule is COc1ccc2cc(C[NH+](C)[C@@H](C)C(=O)N3CCNC3=O)ccc2c1. The van der Waals surface area contributed by atoms with Gasteiger partial charge in [0, 0.05) is 18.7 Å². The summed E-state index contributed by atoms with van der Waals surface area (Å²) in [6, 6.07) is 11.7. The molecule has 6 heteroatoms. The number of amides is 3. The van der Waals surface area contributed by atoms with Gasteiger partial charge in [-0.15, -0.1) is 0 Å². The normalized spacial score (nSPS) is 16.6. The Morgan fingerprint density at radius 2 is 2.00 bits per heavy atom. The number of carbonyl (C=O) groups is 2. The van der Waals surface area contributed by atoms with Crippen LogP contribution in [0.2, 0.25) is 0 Å². The Balaban J connectivity index is 1.71. The van der Waals surface area contributed by atoms with Gasteiger partial charge in [0.25, 0.3) is 5.91 Å². The maximum absolute atomic E-state index is 12.5. The van der Waals surface area contributed by atoms with Gasteiger partial charge < -0.3 is 15.0 Å². The summed E-state index contributed by atoms with van der Waals surface area (Å²) in [6.45, 7) is 3.57. The van der Waals surface area contributed by atoms with E-state index >= 15 is 0 Å². The molecule has 0 aliphatic carbocycles. The molecule has 25 heavy (non-hydrogen) atoms. The van der Waals surface area contributed by atoms with Crippen molar-refractivity contribution in [2.24, 2.45) is 0 Å². The third kappa shape index (κ3) is 3.58. The molecule has 1 aliphatic rings. The number of imide groups is 1. The van der Waals surface area contributed by atoms with Gasteiger partial charge in [-0.3, -0.25) is 9.69 Å². The molecule has 3 rings (SSSR count). The number of nitrogens with one attached hydrogen (secondary N) is 2. The third-order valence-corrected chi connectivity index (χ3v) is 4.83. The van der Waals surface area contributed by atoms with Gasteiger partial charge >= 0.3 is 6.03 Å². The zero-order valence-electron chi connectivity index (χ0n) is 14.8. The fourth-order valence-corrected chi connectivity index (χ4v) is 3.11. The number of ether oxygens (including phenoxy) is 1. The highest BCUT2D eigenvalue weighted by molar-refractivity contribution is 5.97. The summed E-state index contributed by atoms with van der Waals surface area (Å²) in [4.78, 5) is 26.5. The van der Waals surface area contributed by atoms with Crippen molar-refractivity contribution in [1.29, 1.82) is 0 Å². The molecule has 0 spiro atoms. The highest BCUT2D eigenvalue weighted by Crippen LogP contribution is 2.21. The Morgan fingerprint density at radius 3 is 2.68 bits per heavy atom. The monoisotopic (exact) mass is 342 g/mol. The third-order valence-electron chi connectivity index (χ3n) is 4.83. The number of nitrogens with zero attached hydrogens (tertiary/aromatic N) is 1. The van der Waals surface area contributed by atoms with Crippen LogP contribution in [-0.4, -0.2) is 50.1 Å². The molecule has 2 aromatic rings. The first-order valence-corrected chi connectivity index (χ1v) is 8.48. The van der Waals surface area contributed by atoms with Crippen LogP contribution in [-0.2, 0) is 11.3 Å². The van der Waals surface area contributed by atoms with Crippen molar-refractivity contribution in [3.05, 3.63) is 42.0 Å². The molecule has 1 unspecified atom stereocenters. The molecule has 2 aromatic carbocycles. The van der Waals surface area contributed by atoms with Crippen molar-refractivity contribution in [2.75, 3.05) is 27.2 Å². The summed E-state index contributed by atoms with van der Waals surface area (Å²) in [5, 5.41) is 4.94. The van der Waals surface area contributed by atoms with E-state index in [0.717, 1.165) is 27.0 Å². The number of fused-ring (bicyclic) bond motifs is 1. The van der Waals surface area contributed by atoms with Gasteiger partial charge in [0.2, 0.25) is 0 Å². The summed E-state index contributed by atoms with van der Waals surface area (Å²) in [6.07, 6.45) is 0. The van der Waals surface area contributed by atoms with E-state index in [2.05, 4.69) is 23.5 Å². The van der Waals surface area contributed by atoms with Crippen LogP contribution in [0.3, 0.4) is 0 Å². The fourth-order valence-electron chi connectivity index (χ4n) is 3.11. The minimum Gasteiger partial charge on any atom is -0.497 e. The second kappa shape index (κ2) is 7.11. The van der Waals surface area contributed by atoms with Gasteiger partial charge in [-0.1, -0.05) is 18.2 Å². The van der Waals surface area contributed by atoms with E-state index in [-0.39, 0.29) is 18.0 Å². The van der Waals surface area contributed by atoms with Gasteiger partial charge in [0.05, 0.1) is 14.2 Å². The van der Waals surface area contributed by atoms with E-state index in [4.69, 9.17) is 4.74 Å². The van der Waals surface area contributed by atoms with E-state index < -0.39 is 0 Å². The number of urea groups is 1. The Labute approximate surface area is 147 Å². The summed E-state index contributed by atoms with van der Waals surface area (Å²) in [5.41, 5.74) is 1.15. The lowest BCUT2D eigenvalue weighted by Gasteiger charge is -2.24. The van der Waals surface area contributed by atoms with Crippen LogP contribution in [0.25, 0.3) is 10.8 Å². The summed E-state index contributed by atoms with van der Waals surface area (Å²) in [5.74, 6) is 0.712. The summed E-state index contributed by atoms with van der Waals surface area (Å²) < 4.78 is 5.25. The molecule has 2 N–H and O–H groups in total. The van der Waals surface area contributed by atoms with Gasteiger partial charge in [-0.25, -0.2) is 4.79 Å². The predicted molar refractivity (Wildman–Crippen MR) is 95.7 cm³/mol. The van der Waals surface area contributed by atoms with E-state index in [1.807, 2.05) is 32.2 Å². The number of rotatable bonds is 5. The number of likely N-dealkylation sites (N-methyl/N-ethyl adjacent to an activating group) is 1. The first-order chi connectivity index (χ1) is 12.0. The lowest BCUT2D eigenvalue weighted by Crippen LogP contribution is -3.12. The predicted octanol–water partition coefficient (Wildman–Crippen LogP) is 0.803. The van der Waals surface area contributed by atoms with Crippen LogP contribution in [0, 0.1) is 0 Å². The minimum atomic E-state index is -0.288. The molecular formula is C19H24N3O3+. The minimum absolute atomic E-state index is 0.127. The molecule has 3 amide bonds. The van der Waals surface area contributed by atoms with E-state index in [1.165, 1.54) is 4.90 Å². The molecule has 0 bridgehead atoms. The number of hydrogen-bond donors (Lipinski definition) is 2. The van der Waals surface area contributed by atoms with Crippen molar-refractivity contribution < 1.29 is 19.2 Å². The van der Waals surface area contributed by atoms with E-state index in [1.54, 1.807) is 7.11 Å². The van der Waals surface area contributed by atoms with Crippen LogP contribution in [0.1, 0.15) is 12.5 Å². The smallest absolute Gasteiger partial charge is 0.324 e. The first kappa shape index (κ1) is 17.2. The Morgan fingerprint density at radius 1 is 1.28 bits per heavy atom. The standard InChI is InChI=1S/C19H23N3O3/c1-13(18(23)22-9-8-20-19(22)24)21(2)12-14-4-5-16-11-17(25-3)7-6-15(16)10-14/h4-7,10-11,13H,8-9,12H2,1-3H3,(H,20,24)/p+1/t13-/m0/s1. The topological polar surface area (TPSA) is 63.1 Å². The molecule has 0 saturated carbocycles. The first-order valence-electron chi connectivity index (χ1n) is 8.48. The number of hydrogen-bond acceptors (Lipinski definition) is 3. The fraction of sp³-hybridized carbons (Fsp3) is 0.368. The van der Waals surface area contributed by atoms with Gasteiger partial charge in [0.1, 0.15) is 12.3 Å². The van der Waals surface area contributed by atoms with Crippen LogP contribution in [0.15, 0.2) is 36.4 Å². The van der Waals surface area contributed by atoms with Crippen LogP contribution < -0.4 is 15.0 Å². The molecule has 0 radical (unpaired) electrons. The molecule has 2 atom stereocenters. The Hall–Kier alpha value is -2.60. The highest BCUT2D eigenvalue weighted by Gasteiger charge is 2.33. The van der Waals surface area contributed by atoms with E-state index in [9.17, 15) is 9.59 Å². The van der Waals surface area contributed by atoms with Crippen molar-refractivity contribution in [2.45, 2.75) is 19.5 Å². The molecule has 0 aromatic heterocycles. The lowest BCUT2D eigenvalue weighted by molar-refractivity contribution is -0.908. The zero-order valence-corrected chi connectivity index (χ0v) is 14.8. The quantitative estimate of drug-likeness (QED) is 0.845. The van der Waals surface area contributed by atoms with Crippen molar-refractivity contribution in [3.8, 4) is 5.75 Å². The molecule has 1 fully saturated rings. The number of quaternary nitrogens is 1.